The molecule has 0 N–H and O–H groups in total. The Hall–Kier alpha value is -2.01. The summed E-state index contributed by atoms with van der Waals surface area (Å²) in [7, 11) is -6.58. The molecule has 286 valence electrons. The highest BCUT2D eigenvalue weighted by molar-refractivity contribution is 6.75. The standard InChI is InChI=1S/C43H64Cl2O4Si3/c1-41(2,3)50(10,11)47-34(25-18-30-16-21-32(44)22-17-30)26-35-28-39(49-52(14,15)43(7,8)9)40-37(31-19-23-33(45)24-20-31)27-36(29-38(40)46-35)48-51(12,13)42(4,5)6/h16-28,35,37-38,40H,29H2,1-15H3/b25-18+,34-26-/t35-,37-,38-,40+/m0/s1. The van der Waals surface area contributed by atoms with Gasteiger partial charge in [-0.15, -0.1) is 0 Å². The van der Waals surface area contributed by atoms with Crippen LogP contribution in [0.4, 0.5) is 0 Å². The number of rotatable bonds is 10. The summed E-state index contributed by atoms with van der Waals surface area (Å²) in [6, 6.07) is 16.1. The number of halogens is 2. The van der Waals surface area contributed by atoms with Crippen LogP contribution in [0.5, 0.6) is 0 Å². The number of hydrogen-bond acceptors (Lipinski definition) is 4. The van der Waals surface area contributed by atoms with Gasteiger partial charge in [-0.2, -0.15) is 0 Å². The van der Waals surface area contributed by atoms with Gasteiger partial charge < -0.3 is 18.0 Å². The first kappa shape index (κ1) is 42.7. The Labute approximate surface area is 329 Å². The average Bonchev–Trinajstić information content (AvgIpc) is 2.98. The Kier molecular flexibility index (Phi) is 12.8. The highest BCUT2D eigenvalue weighted by atomic mass is 35.5. The third-order valence-corrected chi connectivity index (χ3v) is 25.6. The molecular formula is C43H64Cl2O4Si3. The molecule has 0 unspecified atom stereocenters. The minimum Gasteiger partial charge on any atom is -0.547 e. The maximum Gasteiger partial charge on any atom is 0.250 e. The van der Waals surface area contributed by atoms with E-state index in [0.29, 0.717) is 11.4 Å². The van der Waals surface area contributed by atoms with E-state index in [1.165, 1.54) is 5.56 Å². The van der Waals surface area contributed by atoms with Crippen LogP contribution >= 0.6 is 23.2 Å². The topological polar surface area (TPSA) is 36.9 Å². The third kappa shape index (κ3) is 10.4. The molecule has 0 fully saturated rings. The monoisotopic (exact) mass is 798 g/mol. The predicted molar refractivity (Wildman–Crippen MR) is 231 cm³/mol. The first-order valence-corrected chi connectivity index (χ1v) is 28.2. The molecule has 4 nitrogen and oxygen atoms in total. The first-order chi connectivity index (χ1) is 23.7. The predicted octanol–water partition coefficient (Wildman–Crippen LogP) is 14.3. The van der Waals surface area contributed by atoms with E-state index in [0.717, 1.165) is 27.9 Å². The normalized spacial score (nSPS) is 22.4. The van der Waals surface area contributed by atoms with Crippen molar-refractivity contribution >= 4 is 54.2 Å². The fourth-order valence-electron chi connectivity index (χ4n) is 5.60. The molecule has 0 bridgehead atoms. The molecule has 0 spiro atoms. The van der Waals surface area contributed by atoms with E-state index < -0.39 is 25.0 Å². The summed E-state index contributed by atoms with van der Waals surface area (Å²) >= 11 is 12.6. The van der Waals surface area contributed by atoms with E-state index in [9.17, 15) is 0 Å². The second kappa shape index (κ2) is 15.6. The van der Waals surface area contributed by atoms with Crippen LogP contribution in [0.15, 0.2) is 90.1 Å². The van der Waals surface area contributed by atoms with E-state index in [1.54, 1.807) is 0 Å². The van der Waals surface area contributed by atoms with Crippen LogP contribution in [0, 0.1) is 5.92 Å². The fourth-order valence-corrected chi connectivity index (χ4v) is 9.10. The Bertz CT molecular complexity index is 1670. The summed E-state index contributed by atoms with van der Waals surface area (Å²) in [5.41, 5.74) is 2.22. The molecule has 1 heterocycles. The quantitative estimate of drug-likeness (QED) is 0.136. The third-order valence-electron chi connectivity index (χ3n) is 12.0. The van der Waals surface area contributed by atoms with Crippen molar-refractivity contribution in [1.29, 1.82) is 0 Å². The van der Waals surface area contributed by atoms with Crippen LogP contribution in [-0.4, -0.2) is 37.2 Å². The summed E-state index contributed by atoms with van der Waals surface area (Å²) in [6.07, 6.45) is 11.0. The van der Waals surface area contributed by atoms with Gasteiger partial charge in [-0.25, -0.2) is 0 Å². The lowest BCUT2D eigenvalue weighted by atomic mass is 9.74. The van der Waals surface area contributed by atoms with E-state index in [4.69, 9.17) is 41.2 Å². The van der Waals surface area contributed by atoms with Gasteiger partial charge in [-0.05, 0) is 114 Å². The maximum atomic E-state index is 7.33. The van der Waals surface area contributed by atoms with Crippen LogP contribution < -0.4 is 0 Å². The van der Waals surface area contributed by atoms with Crippen LogP contribution in [0.25, 0.3) is 6.08 Å². The molecule has 1 aliphatic heterocycles. The first-order valence-electron chi connectivity index (χ1n) is 18.7. The van der Waals surface area contributed by atoms with Gasteiger partial charge in [0.05, 0.1) is 23.5 Å². The van der Waals surface area contributed by atoms with Crippen molar-refractivity contribution in [2.75, 3.05) is 0 Å². The van der Waals surface area contributed by atoms with Crippen LogP contribution in [0.1, 0.15) is 85.8 Å². The van der Waals surface area contributed by atoms with Crippen molar-refractivity contribution in [3.63, 3.8) is 0 Å². The van der Waals surface area contributed by atoms with Gasteiger partial charge >= 0.3 is 0 Å². The molecule has 2 aromatic rings. The smallest absolute Gasteiger partial charge is 0.250 e. The van der Waals surface area contributed by atoms with Crippen LogP contribution in [0.2, 0.25) is 64.4 Å². The second-order valence-electron chi connectivity index (χ2n) is 19.2. The van der Waals surface area contributed by atoms with Crippen molar-refractivity contribution in [2.24, 2.45) is 5.92 Å². The van der Waals surface area contributed by atoms with Gasteiger partial charge in [0.15, 0.2) is 0 Å². The highest BCUT2D eigenvalue weighted by Crippen LogP contribution is 2.50. The van der Waals surface area contributed by atoms with E-state index in [-0.39, 0.29) is 39.2 Å². The molecule has 0 aromatic heterocycles. The number of hydrogen-bond donors (Lipinski definition) is 0. The van der Waals surface area contributed by atoms with Gasteiger partial charge in [-0.3, -0.25) is 0 Å². The molecule has 0 radical (unpaired) electrons. The van der Waals surface area contributed by atoms with Crippen LogP contribution in [0.3, 0.4) is 0 Å². The Morgan fingerprint density at radius 2 is 1.19 bits per heavy atom. The lowest BCUT2D eigenvalue weighted by molar-refractivity contribution is -0.0334. The van der Waals surface area contributed by atoms with Crippen LogP contribution in [-0.2, 0) is 18.0 Å². The number of benzene rings is 2. The number of ether oxygens (including phenoxy) is 1. The van der Waals surface area contributed by atoms with Gasteiger partial charge in [0.2, 0.25) is 25.0 Å². The molecule has 52 heavy (non-hydrogen) atoms. The molecule has 0 amide bonds. The molecular weight excluding hydrogens is 736 g/mol. The van der Waals surface area contributed by atoms with E-state index >= 15 is 0 Å². The molecule has 1 aliphatic carbocycles. The Morgan fingerprint density at radius 3 is 1.71 bits per heavy atom. The fraction of sp³-hybridized carbons (Fsp3) is 0.535. The minimum absolute atomic E-state index is 0.00974. The average molecular weight is 800 g/mol. The second-order valence-corrected chi connectivity index (χ2v) is 34.2. The van der Waals surface area contributed by atoms with Gasteiger partial charge in [0, 0.05) is 22.4 Å². The molecule has 2 aliphatic rings. The molecule has 4 atom stereocenters. The largest absolute Gasteiger partial charge is 0.547 e. The summed E-state index contributed by atoms with van der Waals surface area (Å²) in [5.74, 6) is 2.77. The molecule has 0 saturated heterocycles. The number of fused-ring (bicyclic) bond motifs is 1. The summed E-state index contributed by atoms with van der Waals surface area (Å²) in [4.78, 5) is 0. The Balaban J connectivity index is 1.89. The van der Waals surface area contributed by atoms with Crippen molar-refractivity contribution in [2.45, 2.75) is 141 Å². The molecule has 2 aromatic carbocycles. The Morgan fingerprint density at radius 1 is 0.692 bits per heavy atom. The van der Waals surface area contributed by atoms with E-state index in [1.807, 2.05) is 36.4 Å². The minimum atomic E-state index is -2.24. The number of allylic oxidation sites excluding steroid dienone is 2. The molecule has 0 saturated carbocycles. The van der Waals surface area contributed by atoms with Gasteiger partial charge in [0.25, 0.3) is 0 Å². The molecule has 9 heteroatoms. The molecule has 4 rings (SSSR count). The lowest BCUT2D eigenvalue weighted by Crippen LogP contribution is -2.47. The summed E-state index contributed by atoms with van der Waals surface area (Å²) in [6.45, 7) is 34.4. The van der Waals surface area contributed by atoms with Crippen molar-refractivity contribution < 1.29 is 18.0 Å². The summed E-state index contributed by atoms with van der Waals surface area (Å²) in [5, 5.41) is 1.52. The SMILES string of the molecule is CC(C)(C)[Si](C)(C)OC1=C[C@@H](c2ccc(Cl)cc2)[C@H]2C(O[Si](C)(C)C(C)(C)C)=C[C@H](/C=C(/C=C/c3ccc(Cl)cc3)O[Si](C)(C)C(C)(C)C)O[C@H]2C1. The summed E-state index contributed by atoms with van der Waals surface area (Å²) < 4.78 is 28.6. The van der Waals surface area contributed by atoms with Gasteiger partial charge in [-0.1, -0.05) is 116 Å². The zero-order valence-electron chi connectivity index (χ0n) is 34.4. The van der Waals surface area contributed by atoms with Crippen molar-refractivity contribution in [1.82, 2.24) is 0 Å². The van der Waals surface area contributed by atoms with Crippen molar-refractivity contribution in [3.05, 3.63) is 111 Å². The van der Waals surface area contributed by atoms with Gasteiger partial charge in [0.1, 0.15) is 11.9 Å². The van der Waals surface area contributed by atoms with E-state index in [2.05, 4.69) is 144 Å². The zero-order valence-corrected chi connectivity index (χ0v) is 38.9. The van der Waals surface area contributed by atoms with Crippen molar-refractivity contribution in [3.8, 4) is 0 Å². The lowest BCUT2D eigenvalue weighted by Gasteiger charge is -2.47. The maximum absolute atomic E-state index is 7.33. The highest BCUT2D eigenvalue weighted by Gasteiger charge is 2.48. The zero-order chi connectivity index (χ0) is 39.1.